The van der Waals surface area contributed by atoms with Crippen molar-refractivity contribution in [2.75, 3.05) is 13.7 Å². The summed E-state index contributed by atoms with van der Waals surface area (Å²) < 4.78 is 38.2. The van der Waals surface area contributed by atoms with Crippen LogP contribution in [0.4, 0.5) is 0 Å². The molecule has 41 heavy (non-hydrogen) atoms. The van der Waals surface area contributed by atoms with Crippen LogP contribution in [0.1, 0.15) is 22.3 Å². The second-order valence-electron chi connectivity index (χ2n) is 10.1. The van der Waals surface area contributed by atoms with Gasteiger partial charge < -0.3 is 28.4 Å². The van der Waals surface area contributed by atoms with E-state index in [0.717, 1.165) is 22.3 Å². The van der Waals surface area contributed by atoms with E-state index in [4.69, 9.17) is 28.4 Å². The van der Waals surface area contributed by atoms with Gasteiger partial charge in [0.15, 0.2) is 6.29 Å². The van der Waals surface area contributed by atoms with Gasteiger partial charge in [-0.05, 0) is 22.3 Å². The van der Waals surface area contributed by atoms with Crippen LogP contribution in [-0.2, 0) is 54.8 Å². The predicted octanol–water partition coefficient (Wildman–Crippen LogP) is 6.33. The normalized spacial score (nSPS) is 22.4. The topological polar surface area (TPSA) is 55.4 Å². The lowest BCUT2D eigenvalue weighted by molar-refractivity contribution is -0.323. The van der Waals surface area contributed by atoms with Crippen molar-refractivity contribution < 1.29 is 28.4 Å². The molecule has 1 fully saturated rings. The van der Waals surface area contributed by atoms with E-state index < -0.39 is 30.7 Å². The summed E-state index contributed by atoms with van der Waals surface area (Å²) in [5.74, 6) is 0. The highest BCUT2D eigenvalue weighted by Crippen LogP contribution is 2.31. The second-order valence-corrected chi connectivity index (χ2v) is 10.1. The van der Waals surface area contributed by atoms with Gasteiger partial charge in [-0.1, -0.05) is 121 Å². The average molecular weight is 555 g/mol. The van der Waals surface area contributed by atoms with Crippen molar-refractivity contribution in [3.63, 3.8) is 0 Å². The Kier molecular flexibility index (Phi) is 11.1. The largest absolute Gasteiger partial charge is 0.374 e. The minimum atomic E-state index is -0.665. The molecule has 0 bridgehead atoms. The number of ether oxygens (including phenoxy) is 6. The Morgan fingerprint density at radius 2 is 0.878 bits per heavy atom. The molecule has 6 nitrogen and oxygen atoms in total. The first-order valence-corrected chi connectivity index (χ1v) is 14.1. The van der Waals surface area contributed by atoms with Crippen LogP contribution in [0.15, 0.2) is 121 Å². The van der Waals surface area contributed by atoms with Crippen molar-refractivity contribution >= 4 is 0 Å². The van der Waals surface area contributed by atoms with Gasteiger partial charge in [0, 0.05) is 7.11 Å². The van der Waals surface area contributed by atoms with Crippen molar-refractivity contribution in [3.05, 3.63) is 144 Å². The van der Waals surface area contributed by atoms with Crippen LogP contribution in [0.3, 0.4) is 0 Å². The molecule has 1 saturated heterocycles. The predicted molar refractivity (Wildman–Crippen MR) is 157 cm³/mol. The monoisotopic (exact) mass is 554 g/mol. The molecule has 6 heteroatoms. The Morgan fingerprint density at radius 3 is 1.32 bits per heavy atom. The first-order valence-electron chi connectivity index (χ1n) is 14.1. The molecule has 0 saturated carbocycles. The van der Waals surface area contributed by atoms with Gasteiger partial charge in [-0.25, -0.2) is 0 Å². The van der Waals surface area contributed by atoms with E-state index in [2.05, 4.69) is 0 Å². The highest BCUT2D eigenvalue weighted by molar-refractivity contribution is 5.16. The summed E-state index contributed by atoms with van der Waals surface area (Å²) in [6.45, 7) is 1.97. The standard InChI is InChI=1S/C35H38O6/c1-36-35-34(40-25-30-20-12-5-13-21-30)33(39-24-29-18-10-4-11-19-29)32(38-23-28-16-8-3-9-17-28)31(41-35)26-37-22-27-14-6-2-7-15-27/h2-21,31-35H,22-26H2,1H3/t31-,32-,33+,34-,35?/m0/s1. The lowest BCUT2D eigenvalue weighted by Gasteiger charge is -2.45. The van der Waals surface area contributed by atoms with Crippen molar-refractivity contribution in [2.24, 2.45) is 0 Å². The maximum Gasteiger partial charge on any atom is 0.186 e. The van der Waals surface area contributed by atoms with Gasteiger partial charge in [-0.3, -0.25) is 0 Å². The number of methoxy groups -OCH3 is 1. The van der Waals surface area contributed by atoms with E-state index >= 15 is 0 Å². The molecule has 4 aromatic rings. The van der Waals surface area contributed by atoms with Gasteiger partial charge in [-0.2, -0.15) is 0 Å². The van der Waals surface area contributed by atoms with Crippen LogP contribution in [0, 0.1) is 0 Å². The SMILES string of the molecule is COC1O[C@@H](COCc2ccccc2)[C@H](OCc2ccccc2)[C@@H](OCc2ccccc2)[C@@H]1OCc1ccccc1. The first kappa shape index (κ1) is 29.1. The Labute approximate surface area is 242 Å². The molecule has 1 aliphatic rings. The summed E-state index contributed by atoms with van der Waals surface area (Å²) in [4.78, 5) is 0. The fraction of sp³-hybridized carbons (Fsp3) is 0.314. The fourth-order valence-electron chi connectivity index (χ4n) is 4.94. The maximum absolute atomic E-state index is 6.63. The van der Waals surface area contributed by atoms with E-state index in [9.17, 15) is 0 Å². The molecule has 0 radical (unpaired) electrons. The number of hydrogen-bond acceptors (Lipinski definition) is 6. The minimum absolute atomic E-state index is 0.310. The van der Waals surface area contributed by atoms with Crippen LogP contribution in [0.25, 0.3) is 0 Å². The van der Waals surface area contributed by atoms with Crippen molar-refractivity contribution in [1.29, 1.82) is 0 Å². The minimum Gasteiger partial charge on any atom is -0.374 e. The third-order valence-corrected chi connectivity index (χ3v) is 7.07. The Morgan fingerprint density at radius 1 is 0.488 bits per heavy atom. The molecule has 1 heterocycles. The highest BCUT2D eigenvalue weighted by Gasteiger charge is 2.48. The van der Waals surface area contributed by atoms with Gasteiger partial charge in [0.05, 0.1) is 33.0 Å². The second kappa shape index (κ2) is 15.6. The molecule has 5 atom stereocenters. The molecular formula is C35H38O6. The zero-order valence-electron chi connectivity index (χ0n) is 23.4. The maximum atomic E-state index is 6.63. The van der Waals surface area contributed by atoms with Crippen LogP contribution in [0.2, 0.25) is 0 Å². The number of benzene rings is 4. The highest BCUT2D eigenvalue weighted by atomic mass is 16.7. The quantitative estimate of drug-likeness (QED) is 0.182. The van der Waals surface area contributed by atoms with E-state index in [-0.39, 0.29) is 0 Å². The molecule has 0 spiro atoms. The molecule has 0 N–H and O–H groups in total. The van der Waals surface area contributed by atoms with Gasteiger partial charge in [0.2, 0.25) is 0 Å². The lowest BCUT2D eigenvalue weighted by Crippen LogP contribution is -2.61. The smallest absolute Gasteiger partial charge is 0.186 e. The van der Waals surface area contributed by atoms with Crippen LogP contribution in [-0.4, -0.2) is 44.4 Å². The third kappa shape index (κ3) is 8.57. The van der Waals surface area contributed by atoms with Crippen LogP contribution in [0.5, 0.6) is 0 Å². The average Bonchev–Trinajstić information content (AvgIpc) is 3.04. The molecule has 1 unspecified atom stereocenters. The van der Waals surface area contributed by atoms with E-state index in [1.54, 1.807) is 7.11 Å². The Balaban J connectivity index is 1.38. The lowest BCUT2D eigenvalue weighted by atomic mass is 9.97. The van der Waals surface area contributed by atoms with Crippen molar-refractivity contribution in [3.8, 4) is 0 Å². The molecule has 5 rings (SSSR count). The molecule has 0 aliphatic carbocycles. The van der Waals surface area contributed by atoms with E-state index in [1.165, 1.54) is 0 Å². The van der Waals surface area contributed by atoms with Crippen LogP contribution < -0.4 is 0 Å². The Hall–Kier alpha value is -3.36. The summed E-state index contributed by atoms with van der Waals surface area (Å²) in [6.07, 6.45) is -2.59. The fourth-order valence-corrected chi connectivity index (χ4v) is 4.94. The summed E-state index contributed by atoms with van der Waals surface area (Å²) in [5, 5.41) is 0. The number of hydrogen-bond donors (Lipinski definition) is 0. The molecule has 0 amide bonds. The number of rotatable bonds is 14. The van der Waals surface area contributed by atoms with Crippen molar-refractivity contribution in [2.45, 2.75) is 57.1 Å². The zero-order valence-corrected chi connectivity index (χ0v) is 23.4. The van der Waals surface area contributed by atoms with Gasteiger partial charge in [-0.15, -0.1) is 0 Å². The third-order valence-electron chi connectivity index (χ3n) is 7.07. The molecular weight excluding hydrogens is 516 g/mol. The summed E-state index contributed by atoms with van der Waals surface area (Å²) >= 11 is 0. The summed E-state index contributed by atoms with van der Waals surface area (Å²) in [6, 6.07) is 40.4. The van der Waals surface area contributed by atoms with Crippen LogP contribution >= 0.6 is 0 Å². The summed E-state index contributed by atoms with van der Waals surface area (Å²) in [5.41, 5.74) is 4.27. The molecule has 0 aromatic heterocycles. The van der Waals surface area contributed by atoms with E-state index in [0.29, 0.717) is 33.0 Å². The molecule has 4 aromatic carbocycles. The molecule has 1 aliphatic heterocycles. The summed E-state index contributed by atoms with van der Waals surface area (Å²) in [7, 11) is 1.63. The van der Waals surface area contributed by atoms with Crippen molar-refractivity contribution in [1.82, 2.24) is 0 Å². The van der Waals surface area contributed by atoms with Gasteiger partial charge >= 0.3 is 0 Å². The molecule has 214 valence electrons. The van der Waals surface area contributed by atoms with Gasteiger partial charge in [0.1, 0.15) is 24.4 Å². The Bertz CT molecular complexity index is 1260. The first-order chi connectivity index (χ1) is 20.3. The zero-order chi connectivity index (χ0) is 28.1. The van der Waals surface area contributed by atoms with Gasteiger partial charge in [0.25, 0.3) is 0 Å². The van der Waals surface area contributed by atoms with E-state index in [1.807, 2.05) is 121 Å².